The first-order valence-corrected chi connectivity index (χ1v) is 4.46. The quantitative estimate of drug-likeness (QED) is 0.668. The van der Waals surface area contributed by atoms with Gasteiger partial charge in [0.25, 0.3) is 0 Å². The number of nitriles is 1. The third kappa shape index (κ3) is 1.45. The molecule has 0 radical (unpaired) electrons. The Labute approximate surface area is 82.9 Å². The molecule has 0 aromatic heterocycles. The van der Waals surface area contributed by atoms with Gasteiger partial charge < -0.3 is 9.47 Å². The van der Waals surface area contributed by atoms with Crippen molar-refractivity contribution in [3.05, 3.63) is 28.8 Å². The van der Waals surface area contributed by atoms with E-state index in [4.69, 9.17) is 14.7 Å². The Bertz CT molecular complexity index is 402. The lowest BCUT2D eigenvalue weighted by Crippen LogP contribution is -1.94. The van der Waals surface area contributed by atoms with E-state index < -0.39 is 0 Å². The Morgan fingerprint density at radius 3 is 2.79 bits per heavy atom. The van der Waals surface area contributed by atoms with Crippen molar-refractivity contribution in [1.82, 2.24) is 0 Å². The van der Waals surface area contributed by atoms with E-state index >= 15 is 0 Å². The van der Waals surface area contributed by atoms with E-state index in [2.05, 4.69) is 6.07 Å². The number of hydrogen-bond acceptors (Lipinski definition) is 3. The molecule has 1 aromatic carbocycles. The number of methoxy groups -OCH3 is 1. The minimum Gasteiger partial charge on any atom is -0.495 e. The number of ether oxygens (including phenoxy) is 2. The molecule has 14 heavy (non-hydrogen) atoms. The molecule has 1 atom stereocenters. The molecule has 3 nitrogen and oxygen atoms in total. The zero-order valence-corrected chi connectivity index (χ0v) is 8.20. The molecule has 1 saturated heterocycles. The van der Waals surface area contributed by atoms with E-state index in [1.54, 1.807) is 7.11 Å². The summed E-state index contributed by atoms with van der Waals surface area (Å²) in [5.41, 5.74) is 2.79. The highest BCUT2D eigenvalue weighted by Gasteiger charge is 2.27. The number of epoxide rings is 1. The summed E-state index contributed by atoms with van der Waals surface area (Å²) < 4.78 is 10.3. The highest BCUT2D eigenvalue weighted by Crippen LogP contribution is 2.35. The first-order valence-electron chi connectivity index (χ1n) is 4.46. The minimum absolute atomic E-state index is 0.205. The van der Waals surface area contributed by atoms with E-state index in [1.807, 2.05) is 19.1 Å². The van der Waals surface area contributed by atoms with Crippen LogP contribution in [0.1, 0.15) is 22.8 Å². The molecule has 1 unspecified atom stereocenters. The maximum atomic E-state index is 8.86. The highest BCUT2D eigenvalue weighted by molar-refractivity contribution is 5.49. The molecule has 0 aliphatic carbocycles. The number of hydrogen-bond donors (Lipinski definition) is 0. The lowest BCUT2D eigenvalue weighted by atomic mass is 10.0. The van der Waals surface area contributed by atoms with Gasteiger partial charge in [0.05, 0.1) is 19.3 Å². The van der Waals surface area contributed by atoms with Crippen LogP contribution in [0, 0.1) is 18.3 Å². The van der Waals surface area contributed by atoms with Crippen molar-refractivity contribution in [3.8, 4) is 11.8 Å². The summed E-state index contributed by atoms with van der Waals surface area (Å²) in [6.45, 7) is 2.76. The summed E-state index contributed by atoms with van der Waals surface area (Å²) >= 11 is 0. The first-order chi connectivity index (χ1) is 6.76. The smallest absolute Gasteiger partial charge is 0.137 e. The zero-order chi connectivity index (χ0) is 10.1. The molecule has 1 heterocycles. The van der Waals surface area contributed by atoms with E-state index in [0.717, 1.165) is 17.7 Å². The molecule has 0 amide bonds. The molecule has 72 valence electrons. The molecule has 0 saturated carbocycles. The van der Waals surface area contributed by atoms with Crippen LogP contribution >= 0.6 is 0 Å². The average molecular weight is 189 g/mol. The lowest BCUT2D eigenvalue weighted by Gasteiger charge is -2.07. The van der Waals surface area contributed by atoms with Crippen LogP contribution in [0.4, 0.5) is 0 Å². The van der Waals surface area contributed by atoms with Crippen LogP contribution in [0.5, 0.6) is 5.75 Å². The molecule has 3 heteroatoms. The van der Waals surface area contributed by atoms with E-state index in [9.17, 15) is 0 Å². The largest absolute Gasteiger partial charge is 0.495 e. The second-order valence-corrected chi connectivity index (χ2v) is 3.34. The van der Waals surface area contributed by atoms with E-state index in [1.165, 1.54) is 0 Å². The van der Waals surface area contributed by atoms with Crippen LogP contribution < -0.4 is 4.74 Å². The number of aryl methyl sites for hydroxylation is 1. The van der Waals surface area contributed by atoms with Crippen molar-refractivity contribution < 1.29 is 9.47 Å². The summed E-state index contributed by atoms with van der Waals surface area (Å²) in [6, 6.07) is 5.85. The third-order valence-corrected chi connectivity index (χ3v) is 2.39. The Morgan fingerprint density at radius 1 is 1.57 bits per heavy atom. The SMILES string of the molecule is COc1cc(C2CO2)c(C)cc1C#N. The van der Waals surface area contributed by atoms with Gasteiger partial charge in [-0.25, -0.2) is 0 Å². The Kier molecular flexibility index (Phi) is 2.14. The third-order valence-electron chi connectivity index (χ3n) is 2.39. The topological polar surface area (TPSA) is 45.5 Å². The summed E-state index contributed by atoms with van der Waals surface area (Å²) in [5.74, 6) is 0.628. The van der Waals surface area contributed by atoms with Crippen molar-refractivity contribution in [1.29, 1.82) is 5.26 Å². The molecule has 1 aliphatic heterocycles. The van der Waals surface area contributed by atoms with Crippen LogP contribution in [0.25, 0.3) is 0 Å². The van der Waals surface area contributed by atoms with Gasteiger partial charge in [-0.15, -0.1) is 0 Å². The van der Waals surface area contributed by atoms with Gasteiger partial charge in [0.2, 0.25) is 0 Å². The molecule has 1 fully saturated rings. The van der Waals surface area contributed by atoms with Gasteiger partial charge in [0.15, 0.2) is 0 Å². The number of rotatable bonds is 2. The fourth-order valence-electron chi connectivity index (χ4n) is 1.53. The van der Waals surface area contributed by atoms with Gasteiger partial charge in [-0.05, 0) is 30.2 Å². The maximum absolute atomic E-state index is 8.86. The fourth-order valence-corrected chi connectivity index (χ4v) is 1.53. The van der Waals surface area contributed by atoms with Crippen LogP contribution in [0.3, 0.4) is 0 Å². The number of benzene rings is 1. The predicted molar refractivity (Wildman–Crippen MR) is 51.1 cm³/mol. The van der Waals surface area contributed by atoms with Gasteiger partial charge in [-0.3, -0.25) is 0 Å². The zero-order valence-electron chi connectivity index (χ0n) is 8.20. The first kappa shape index (κ1) is 9.04. The monoisotopic (exact) mass is 189 g/mol. The molecule has 1 aromatic rings. The van der Waals surface area contributed by atoms with Crippen molar-refractivity contribution in [2.45, 2.75) is 13.0 Å². The van der Waals surface area contributed by atoms with Gasteiger partial charge >= 0.3 is 0 Å². The summed E-state index contributed by atoms with van der Waals surface area (Å²) in [7, 11) is 1.57. The van der Waals surface area contributed by atoms with Crippen LogP contribution in [-0.4, -0.2) is 13.7 Å². The fraction of sp³-hybridized carbons (Fsp3) is 0.364. The Hall–Kier alpha value is -1.53. The van der Waals surface area contributed by atoms with Gasteiger partial charge in [-0.2, -0.15) is 5.26 Å². The minimum atomic E-state index is 0.205. The number of nitrogens with zero attached hydrogens (tertiary/aromatic N) is 1. The molecule has 2 rings (SSSR count). The summed E-state index contributed by atoms with van der Waals surface area (Å²) in [6.07, 6.45) is 0.205. The Morgan fingerprint density at radius 2 is 2.29 bits per heavy atom. The van der Waals surface area contributed by atoms with Gasteiger partial charge in [-0.1, -0.05) is 0 Å². The molecular weight excluding hydrogens is 178 g/mol. The maximum Gasteiger partial charge on any atom is 0.137 e. The van der Waals surface area contributed by atoms with Crippen molar-refractivity contribution in [2.24, 2.45) is 0 Å². The van der Waals surface area contributed by atoms with E-state index in [-0.39, 0.29) is 6.10 Å². The Balaban J connectivity index is 2.49. The molecule has 0 N–H and O–H groups in total. The predicted octanol–water partition coefficient (Wildman–Crippen LogP) is 1.95. The van der Waals surface area contributed by atoms with Crippen LogP contribution in [-0.2, 0) is 4.74 Å². The normalized spacial score (nSPS) is 18.8. The van der Waals surface area contributed by atoms with E-state index in [0.29, 0.717) is 11.3 Å². The van der Waals surface area contributed by atoms with Crippen LogP contribution in [0.2, 0.25) is 0 Å². The molecule has 1 aliphatic rings. The van der Waals surface area contributed by atoms with Gasteiger partial charge in [0, 0.05) is 0 Å². The second-order valence-electron chi connectivity index (χ2n) is 3.34. The molecule has 0 bridgehead atoms. The average Bonchev–Trinajstić information content (AvgIpc) is 3.01. The highest BCUT2D eigenvalue weighted by atomic mass is 16.6. The van der Waals surface area contributed by atoms with Crippen molar-refractivity contribution in [3.63, 3.8) is 0 Å². The van der Waals surface area contributed by atoms with Gasteiger partial charge in [0.1, 0.15) is 17.9 Å². The van der Waals surface area contributed by atoms with Crippen molar-refractivity contribution >= 4 is 0 Å². The standard InChI is InChI=1S/C11H11NO2/c1-7-3-8(5-12)10(13-2)4-9(7)11-6-14-11/h3-4,11H,6H2,1-2H3. The molecule has 0 spiro atoms. The lowest BCUT2D eigenvalue weighted by molar-refractivity contribution is 0.403. The second kappa shape index (κ2) is 3.32. The van der Waals surface area contributed by atoms with Crippen molar-refractivity contribution in [2.75, 3.05) is 13.7 Å². The van der Waals surface area contributed by atoms with Crippen LogP contribution in [0.15, 0.2) is 12.1 Å². The summed E-state index contributed by atoms with van der Waals surface area (Å²) in [5, 5.41) is 8.86. The molecular formula is C11H11NO2. The summed E-state index contributed by atoms with van der Waals surface area (Å²) in [4.78, 5) is 0.